The van der Waals surface area contributed by atoms with E-state index in [1.54, 1.807) is 22.0 Å². The fraction of sp³-hybridized carbons (Fsp3) is 0.250. The van der Waals surface area contributed by atoms with E-state index in [0.717, 1.165) is 33.8 Å². The highest BCUT2D eigenvalue weighted by molar-refractivity contribution is 7.57. The summed E-state index contributed by atoms with van der Waals surface area (Å²) in [5, 5.41) is 7.80. The van der Waals surface area contributed by atoms with Crippen LogP contribution in [-0.2, 0) is 22.7 Å². The van der Waals surface area contributed by atoms with Crippen LogP contribution in [0.15, 0.2) is 42.7 Å². The maximum atomic E-state index is 12.4. The van der Waals surface area contributed by atoms with E-state index in [1.165, 1.54) is 0 Å². The number of ether oxygens (including phenoxy) is 1. The number of aromatic nitrogens is 4. The minimum atomic E-state index is -3.65. The van der Waals surface area contributed by atoms with Gasteiger partial charge in [-0.15, -0.1) is 5.10 Å². The molecule has 4 heterocycles. The fourth-order valence-corrected chi connectivity index (χ4v) is 4.42. The summed E-state index contributed by atoms with van der Waals surface area (Å²) in [5.74, 6) is 0. The molecule has 2 aliphatic heterocycles. The lowest BCUT2D eigenvalue weighted by atomic mass is 10.0. The van der Waals surface area contributed by atoms with Gasteiger partial charge in [-0.1, -0.05) is 17.3 Å². The van der Waals surface area contributed by atoms with Crippen molar-refractivity contribution >= 4 is 25.6 Å². The molecule has 11 heteroatoms. The van der Waals surface area contributed by atoms with E-state index in [0.29, 0.717) is 6.42 Å². The molecule has 31 heavy (non-hydrogen) atoms. The molecule has 10 nitrogen and oxygen atoms in total. The maximum Gasteiger partial charge on any atom is 0.415 e. The van der Waals surface area contributed by atoms with Gasteiger partial charge < -0.3 is 19.0 Å². The molecule has 5 rings (SSSR count). The van der Waals surface area contributed by atoms with E-state index in [4.69, 9.17) is 9.26 Å². The van der Waals surface area contributed by atoms with Crippen LogP contribution < -0.4 is 4.90 Å². The minimum absolute atomic E-state index is 0.119. The number of anilines is 1. The summed E-state index contributed by atoms with van der Waals surface area (Å²) in [6.45, 7) is -0.119. The molecule has 3 aromatic rings. The Bertz CT molecular complexity index is 1200. The predicted octanol–water partition coefficient (Wildman–Crippen LogP) is 1.99. The average molecular weight is 441 g/mol. The quantitative estimate of drug-likeness (QED) is 0.577. The second kappa shape index (κ2) is 7.28. The first kappa shape index (κ1) is 19.9. The molecule has 0 unspecified atom stereocenters. The Balaban J connectivity index is 1.38. The number of nitrogens with zero attached hydrogens (tertiary/aromatic N) is 5. The average Bonchev–Trinajstić information content (AvgIpc) is 3.40. The van der Waals surface area contributed by atoms with Crippen molar-refractivity contribution < 1.29 is 23.8 Å². The van der Waals surface area contributed by atoms with Crippen LogP contribution in [-0.4, -0.2) is 60.9 Å². The summed E-state index contributed by atoms with van der Waals surface area (Å²) in [6, 6.07) is 9.51. The number of hydrogen-bond donors (Lipinski definition) is 2. The lowest BCUT2D eigenvalue weighted by molar-refractivity contribution is 0.0852. The highest BCUT2D eigenvalue weighted by atomic mass is 31.2. The van der Waals surface area contributed by atoms with E-state index < -0.39 is 19.8 Å². The summed E-state index contributed by atoms with van der Waals surface area (Å²) < 4.78 is 12.0. The molecular formula is C20H20N5O5P. The van der Waals surface area contributed by atoms with E-state index in [-0.39, 0.29) is 12.6 Å². The van der Waals surface area contributed by atoms with Crippen LogP contribution >= 0.6 is 7.57 Å². The Morgan fingerprint density at radius 1 is 1.26 bits per heavy atom. The Morgan fingerprint density at radius 2 is 2.06 bits per heavy atom. The van der Waals surface area contributed by atoms with Gasteiger partial charge in [0.1, 0.15) is 11.8 Å². The highest BCUT2D eigenvalue weighted by Gasteiger charge is 2.47. The molecule has 1 saturated heterocycles. The molecule has 160 valence electrons. The third kappa shape index (κ3) is 3.64. The van der Waals surface area contributed by atoms with Crippen LogP contribution in [0.3, 0.4) is 0 Å². The largest absolute Gasteiger partial charge is 0.441 e. The fourth-order valence-electron chi connectivity index (χ4n) is 4.03. The number of aryl methyl sites for hydroxylation is 1. The monoisotopic (exact) mass is 441 g/mol. The molecule has 1 amide bonds. The SMILES string of the molecule is C=P(O)(O)OC[C@@H]1OC(=O)N2c3ccc(-c4ccc(-c5cnnn5C)nc4)cc3C[C@@H]12. The van der Waals surface area contributed by atoms with Gasteiger partial charge in [0.25, 0.3) is 0 Å². The van der Waals surface area contributed by atoms with Crippen molar-refractivity contribution in [3.63, 3.8) is 0 Å². The van der Waals surface area contributed by atoms with Gasteiger partial charge in [-0.2, -0.15) is 0 Å². The Morgan fingerprint density at radius 3 is 2.74 bits per heavy atom. The summed E-state index contributed by atoms with van der Waals surface area (Å²) in [7, 11) is -1.83. The van der Waals surface area contributed by atoms with Crippen molar-refractivity contribution in [2.45, 2.75) is 18.6 Å². The zero-order valence-electron chi connectivity index (χ0n) is 16.6. The molecule has 0 saturated carbocycles. The van der Waals surface area contributed by atoms with Crippen molar-refractivity contribution in [3.05, 3.63) is 48.3 Å². The van der Waals surface area contributed by atoms with Gasteiger partial charge in [0, 0.05) is 18.8 Å². The van der Waals surface area contributed by atoms with Crippen molar-refractivity contribution in [2.75, 3.05) is 11.5 Å². The van der Waals surface area contributed by atoms with Gasteiger partial charge in [0.15, 0.2) is 0 Å². The minimum Gasteiger partial charge on any atom is -0.441 e. The summed E-state index contributed by atoms with van der Waals surface area (Å²) >= 11 is 0. The number of cyclic esters (lactones) is 1. The zero-order valence-corrected chi connectivity index (χ0v) is 17.5. The normalized spacial score (nSPS) is 20.0. The smallest absolute Gasteiger partial charge is 0.415 e. The van der Waals surface area contributed by atoms with Crippen LogP contribution in [0.1, 0.15) is 5.56 Å². The molecule has 0 spiro atoms. The molecule has 2 aromatic heterocycles. The third-order valence-electron chi connectivity index (χ3n) is 5.50. The molecule has 2 N–H and O–H groups in total. The number of amides is 1. The van der Waals surface area contributed by atoms with Crippen LogP contribution in [0.4, 0.5) is 10.5 Å². The zero-order chi connectivity index (χ0) is 21.8. The van der Waals surface area contributed by atoms with E-state index in [2.05, 4.69) is 21.6 Å². The number of carbonyl (C=O) groups is 1. The number of hydrogen-bond acceptors (Lipinski definition) is 8. The van der Waals surface area contributed by atoms with Gasteiger partial charge in [-0.25, -0.2) is 9.48 Å². The predicted molar refractivity (Wildman–Crippen MR) is 114 cm³/mol. The van der Waals surface area contributed by atoms with Crippen LogP contribution in [0.25, 0.3) is 22.5 Å². The van der Waals surface area contributed by atoms with Crippen LogP contribution in [0.2, 0.25) is 0 Å². The molecule has 2 atom stereocenters. The standard InChI is InChI=1S/C20H20N5O5P/c1-24-18(10-22-23-24)15-5-3-13(9-21-15)12-4-6-16-14(7-12)8-17-19(11-29-31(2,27)28)30-20(26)25(16)17/h3-7,9-10,17,19,27-28H,2,8,11H2,1H3/t17-,19-/m0/s1. The Kier molecular flexibility index (Phi) is 4.67. The Labute approximate surface area is 177 Å². The van der Waals surface area contributed by atoms with Crippen LogP contribution in [0, 0.1) is 0 Å². The molecule has 1 fully saturated rings. The van der Waals surface area contributed by atoms with Gasteiger partial charge >= 0.3 is 6.09 Å². The van der Waals surface area contributed by atoms with E-state index in [9.17, 15) is 14.6 Å². The number of pyridine rings is 1. The van der Waals surface area contributed by atoms with Crippen molar-refractivity contribution in [1.82, 2.24) is 20.0 Å². The number of carbonyl (C=O) groups excluding carboxylic acids is 1. The second-order valence-electron chi connectivity index (χ2n) is 7.54. The number of benzene rings is 1. The second-order valence-corrected chi connectivity index (χ2v) is 9.13. The molecule has 0 aliphatic carbocycles. The first-order valence-corrected chi connectivity index (χ1v) is 11.4. The first-order chi connectivity index (χ1) is 14.8. The molecule has 1 aromatic carbocycles. The lowest BCUT2D eigenvalue weighted by Gasteiger charge is -2.18. The maximum absolute atomic E-state index is 12.4. The Hall–Kier alpha value is -3.04. The van der Waals surface area contributed by atoms with Crippen molar-refractivity contribution in [2.24, 2.45) is 7.05 Å². The highest BCUT2D eigenvalue weighted by Crippen LogP contribution is 2.42. The molecule has 0 bridgehead atoms. The topological polar surface area (TPSA) is 123 Å². The van der Waals surface area contributed by atoms with Crippen LogP contribution in [0.5, 0.6) is 0 Å². The van der Waals surface area contributed by atoms with Crippen molar-refractivity contribution in [1.29, 1.82) is 0 Å². The number of fused-ring (bicyclic) bond motifs is 3. The molecule has 0 radical (unpaired) electrons. The summed E-state index contributed by atoms with van der Waals surface area (Å²) in [6.07, 6.45) is 6.15. The third-order valence-corrected chi connectivity index (χ3v) is 6.06. The van der Waals surface area contributed by atoms with Gasteiger partial charge in [-0.05, 0) is 42.0 Å². The van der Waals surface area contributed by atoms with Gasteiger partial charge in [0.2, 0.25) is 7.57 Å². The molecular weight excluding hydrogens is 421 g/mol. The first-order valence-electron chi connectivity index (χ1n) is 9.58. The van der Waals surface area contributed by atoms with Gasteiger partial charge in [0.05, 0.1) is 30.2 Å². The van der Waals surface area contributed by atoms with E-state index >= 15 is 0 Å². The van der Waals surface area contributed by atoms with Crippen molar-refractivity contribution in [3.8, 4) is 22.5 Å². The summed E-state index contributed by atoms with van der Waals surface area (Å²) in [5.41, 5.74) is 5.33. The van der Waals surface area contributed by atoms with E-state index in [1.807, 2.05) is 37.4 Å². The molecule has 2 aliphatic rings. The lowest BCUT2D eigenvalue weighted by Crippen LogP contribution is -2.35. The summed E-state index contributed by atoms with van der Waals surface area (Å²) in [4.78, 5) is 37.3. The number of rotatable bonds is 5. The van der Waals surface area contributed by atoms with Gasteiger partial charge in [-0.3, -0.25) is 9.88 Å².